The van der Waals surface area contributed by atoms with E-state index in [9.17, 15) is 16.8 Å². The van der Waals surface area contributed by atoms with E-state index >= 15 is 0 Å². The SMILES string of the molecule is COc1c(S(=O)(=O)c2ccccc2)cc(NS(=O)(=O)c2ccc(C)cc2)c2ccccc12. The molecular formula is C24H21NO5S2. The van der Waals surface area contributed by atoms with Gasteiger partial charge in [-0.3, -0.25) is 4.72 Å². The monoisotopic (exact) mass is 467 g/mol. The van der Waals surface area contributed by atoms with Crippen molar-refractivity contribution >= 4 is 36.3 Å². The van der Waals surface area contributed by atoms with Crippen LogP contribution in [0.15, 0.2) is 99.6 Å². The minimum Gasteiger partial charge on any atom is -0.495 e. The van der Waals surface area contributed by atoms with Gasteiger partial charge < -0.3 is 4.74 Å². The third kappa shape index (κ3) is 3.94. The van der Waals surface area contributed by atoms with Gasteiger partial charge in [0.1, 0.15) is 10.6 Å². The molecule has 4 rings (SSSR count). The highest BCUT2D eigenvalue weighted by atomic mass is 32.2. The van der Waals surface area contributed by atoms with Gasteiger partial charge in [0, 0.05) is 10.8 Å². The van der Waals surface area contributed by atoms with E-state index in [1.807, 2.05) is 6.92 Å². The van der Waals surface area contributed by atoms with E-state index in [0.29, 0.717) is 10.8 Å². The van der Waals surface area contributed by atoms with Crippen LogP contribution in [0, 0.1) is 6.92 Å². The largest absolute Gasteiger partial charge is 0.495 e. The Bertz CT molecular complexity index is 1500. The molecule has 0 saturated carbocycles. The number of aryl methyl sites for hydroxylation is 1. The van der Waals surface area contributed by atoms with E-state index in [4.69, 9.17) is 4.74 Å². The second kappa shape index (κ2) is 8.29. The van der Waals surface area contributed by atoms with Crippen molar-refractivity contribution in [1.29, 1.82) is 0 Å². The molecule has 0 radical (unpaired) electrons. The molecule has 32 heavy (non-hydrogen) atoms. The number of sulfonamides is 1. The summed E-state index contributed by atoms with van der Waals surface area (Å²) >= 11 is 0. The molecule has 6 nitrogen and oxygen atoms in total. The molecule has 0 atom stereocenters. The first-order chi connectivity index (χ1) is 15.2. The Kier molecular flexibility index (Phi) is 5.66. The van der Waals surface area contributed by atoms with Gasteiger partial charge in [-0.15, -0.1) is 0 Å². The molecule has 0 heterocycles. The van der Waals surface area contributed by atoms with Gasteiger partial charge in [-0.2, -0.15) is 0 Å². The molecule has 0 aliphatic rings. The zero-order valence-electron chi connectivity index (χ0n) is 17.4. The fourth-order valence-corrected chi connectivity index (χ4v) is 6.02. The predicted octanol–water partition coefficient (Wildman–Crippen LogP) is 4.79. The Morgan fingerprint density at radius 2 is 1.31 bits per heavy atom. The topological polar surface area (TPSA) is 89.5 Å². The minimum absolute atomic E-state index is 0.0791. The maximum absolute atomic E-state index is 13.4. The number of benzene rings is 4. The first-order valence-electron chi connectivity index (χ1n) is 9.73. The summed E-state index contributed by atoms with van der Waals surface area (Å²) in [6.07, 6.45) is 0. The first-order valence-corrected chi connectivity index (χ1v) is 12.7. The fourth-order valence-electron chi connectivity index (χ4n) is 3.47. The van der Waals surface area contributed by atoms with Crippen LogP contribution >= 0.6 is 0 Å². The lowest BCUT2D eigenvalue weighted by Crippen LogP contribution is -2.14. The van der Waals surface area contributed by atoms with Crippen LogP contribution in [0.4, 0.5) is 5.69 Å². The number of fused-ring (bicyclic) bond motifs is 1. The molecule has 0 amide bonds. The zero-order chi connectivity index (χ0) is 22.9. The lowest BCUT2D eigenvalue weighted by molar-refractivity contribution is 0.408. The van der Waals surface area contributed by atoms with Gasteiger partial charge in [0.2, 0.25) is 9.84 Å². The molecule has 0 saturated heterocycles. The van der Waals surface area contributed by atoms with E-state index in [0.717, 1.165) is 5.56 Å². The summed E-state index contributed by atoms with van der Waals surface area (Å²) < 4.78 is 61.0. The van der Waals surface area contributed by atoms with E-state index in [2.05, 4.69) is 4.72 Å². The molecule has 0 aliphatic heterocycles. The number of ether oxygens (including phenoxy) is 1. The Balaban J connectivity index is 1.95. The van der Waals surface area contributed by atoms with Crippen molar-refractivity contribution in [3.63, 3.8) is 0 Å². The van der Waals surface area contributed by atoms with Crippen molar-refractivity contribution in [3.05, 3.63) is 90.5 Å². The van der Waals surface area contributed by atoms with Crippen molar-refractivity contribution in [2.45, 2.75) is 21.6 Å². The standard InChI is InChI=1S/C24H21NO5S2/c1-17-12-14-19(15-13-17)32(28,29)25-22-16-23(31(26,27)18-8-4-3-5-9-18)24(30-2)21-11-7-6-10-20(21)22/h3-16,25H,1-2H3. The fraction of sp³-hybridized carbons (Fsp3) is 0.0833. The second-order valence-electron chi connectivity index (χ2n) is 7.24. The predicted molar refractivity (Wildman–Crippen MR) is 124 cm³/mol. The quantitative estimate of drug-likeness (QED) is 0.440. The van der Waals surface area contributed by atoms with Gasteiger partial charge in [-0.1, -0.05) is 60.2 Å². The lowest BCUT2D eigenvalue weighted by Gasteiger charge is -2.17. The molecule has 0 aliphatic carbocycles. The normalized spacial score (nSPS) is 11.9. The average Bonchev–Trinajstić information content (AvgIpc) is 2.79. The molecule has 4 aromatic carbocycles. The van der Waals surface area contributed by atoms with Crippen LogP contribution < -0.4 is 9.46 Å². The number of nitrogens with one attached hydrogen (secondary N) is 1. The van der Waals surface area contributed by atoms with Gasteiger partial charge in [0.25, 0.3) is 10.0 Å². The molecule has 0 bridgehead atoms. The van der Waals surface area contributed by atoms with E-state index < -0.39 is 19.9 Å². The van der Waals surface area contributed by atoms with E-state index in [1.54, 1.807) is 54.6 Å². The Labute approximate surface area is 187 Å². The first kappa shape index (κ1) is 21.9. The van der Waals surface area contributed by atoms with Crippen LogP contribution in [-0.2, 0) is 19.9 Å². The number of anilines is 1. The highest BCUT2D eigenvalue weighted by Gasteiger charge is 2.27. The van der Waals surface area contributed by atoms with Crippen molar-refractivity contribution < 1.29 is 21.6 Å². The van der Waals surface area contributed by atoms with Gasteiger partial charge in [0.15, 0.2) is 0 Å². The molecule has 1 N–H and O–H groups in total. The van der Waals surface area contributed by atoms with E-state index in [1.165, 1.54) is 37.4 Å². The van der Waals surface area contributed by atoms with Gasteiger partial charge in [0.05, 0.1) is 22.6 Å². The number of hydrogen-bond donors (Lipinski definition) is 1. The zero-order valence-corrected chi connectivity index (χ0v) is 19.1. The van der Waals surface area contributed by atoms with Crippen LogP contribution in [0.2, 0.25) is 0 Å². The molecule has 8 heteroatoms. The molecule has 0 fully saturated rings. The smallest absolute Gasteiger partial charge is 0.261 e. The number of sulfone groups is 1. The number of rotatable bonds is 6. The van der Waals surface area contributed by atoms with Crippen LogP contribution in [0.5, 0.6) is 5.75 Å². The minimum atomic E-state index is -3.98. The Hall–Kier alpha value is -3.36. The highest BCUT2D eigenvalue weighted by Crippen LogP contribution is 2.40. The van der Waals surface area contributed by atoms with Crippen LogP contribution in [-0.4, -0.2) is 23.9 Å². The van der Waals surface area contributed by atoms with E-state index in [-0.39, 0.29) is 26.1 Å². The molecule has 0 spiro atoms. The third-order valence-corrected chi connectivity index (χ3v) is 8.24. The van der Waals surface area contributed by atoms with Crippen molar-refractivity contribution in [3.8, 4) is 5.75 Å². The molecule has 0 unspecified atom stereocenters. The second-order valence-corrected chi connectivity index (χ2v) is 10.8. The van der Waals surface area contributed by atoms with Crippen molar-refractivity contribution in [2.75, 3.05) is 11.8 Å². The summed E-state index contributed by atoms with van der Waals surface area (Å²) in [7, 11) is -6.54. The summed E-state index contributed by atoms with van der Waals surface area (Å²) in [4.78, 5) is 0.0443. The van der Waals surface area contributed by atoms with Crippen LogP contribution in [0.1, 0.15) is 5.56 Å². The Morgan fingerprint density at radius 1 is 0.719 bits per heavy atom. The maximum Gasteiger partial charge on any atom is 0.261 e. The third-order valence-electron chi connectivity index (χ3n) is 5.08. The molecule has 0 aromatic heterocycles. The van der Waals surface area contributed by atoms with Gasteiger partial charge >= 0.3 is 0 Å². The van der Waals surface area contributed by atoms with Gasteiger partial charge in [-0.05, 0) is 37.3 Å². The molecule has 164 valence electrons. The Morgan fingerprint density at radius 3 is 1.94 bits per heavy atom. The highest BCUT2D eigenvalue weighted by molar-refractivity contribution is 7.93. The maximum atomic E-state index is 13.4. The number of hydrogen-bond acceptors (Lipinski definition) is 5. The van der Waals surface area contributed by atoms with Crippen molar-refractivity contribution in [1.82, 2.24) is 0 Å². The molecular weight excluding hydrogens is 446 g/mol. The van der Waals surface area contributed by atoms with Crippen LogP contribution in [0.25, 0.3) is 10.8 Å². The lowest BCUT2D eigenvalue weighted by atomic mass is 10.1. The summed E-state index contributed by atoms with van der Waals surface area (Å²) in [6.45, 7) is 1.86. The van der Waals surface area contributed by atoms with Crippen molar-refractivity contribution in [2.24, 2.45) is 0 Å². The number of methoxy groups -OCH3 is 1. The summed E-state index contributed by atoms with van der Waals surface area (Å²) in [6, 6.07) is 22.6. The summed E-state index contributed by atoms with van der Waals surface area (Å²) in [5, 5.41) is 1.00. The van der Waals surface area contributed by atoms with Crippen LogP contribution in [0.3, 0.4) is 0 Å². The average molecular weight is 468 g/mol. The summed E-state index contributed by atoms with van der Waals surface area (Å²) in [5.41, 5.74) is 1.08. The van der Waals surface area contributed by atoms with Gasteiger partial charge in [-0.25, -0.2) is 16.8 Å². The molecule has 4 aromatic rings. The summed E-state index contributed by atoms with van der Waals surface area (Å²) in [5.74, 6) is 0.155.